The molecule has 118 valence electrons. The van der Waals surface area contributed by atoms with Gasteiger partial charge >= 0.3 is 0 Å². The van der Waals surface area contributed by atoms with E-state index in [2.05, 4.69) is 33.5 Å². The van der Waals surface area contributed by atoms with E-state index < -0.39 is 5.41 Å². The van der Waals surface area contributed by atoms with Crippen molar-refractivity contribution in [3.63, 3.8) is 0 Å². The van der Waals surface area contributed by atoms with Gasteiger partial charge in [-0.2, -0.15) is 0 Å². The zero-order chi connectivity index (χ0) is 15.9. The van der Waals surface area contributed by atoms with Crippen LogP contribution in [0.5, 0.6) is 5.75 Å². The summed E-state index contributed by atoms with van der Waals surface area (Å²) in [7, 11) is 1.66. The Balaban J connectivity index is 2.66. The molecule has 1 amide bonds. The number of ether oxygens (including phenoxy) is 1. The summed E-state index contributed by atoms with van der Waals surface area (Å²) in [6, 6.07) is 5.99. The molecular weight excluding hydrogens is 332 g/mol. The number of benzene rings is 1. The predicted octanol–water partition coefficient (Wildman–Crippen LogP) is 3.10. The number of hydrogen-bond acceptors (Lipinski definition) is 3. The minimum Gasteiger partial charge on any atom is -0.493 e. The third kappa shape index (κ3) is 5.67. The van der Waals surface area contributed by atoms with Crippen LogP contribution in [0.3, 0.4) is 0 Å². The summed E-state index contributed by atoms with van der Waals surface area (Å²) in [6.45, 7) is 7.91. The van der Waals surface area contributed by atoms with E-state index in [1.54, 1.807) is 7.05 Å². The molecule has 0 aromatic heterocycles. The first-order chi connectivity index (χ1) is 9.90. The van der Waals surface area contributed by atoms with Crippen LogP contribution in [-0.2, 0) is 11.3 Å². The lowest BCUT2D eigenvalue weighted by atomic mass is 9.92. The molecule has 0 fully saturated rings. The average Bonchev–Trinajstić information content (AvgIpc) is 2.45. The van der Waals surface area contributed by atoms with Gasteiger partial charge in [-0.3, -0.25) is 4.79 Å². The highest BCUT2D eigenvalue weighted by Gasteiger charge is 2.25. The number of carbonyl (C=O) groups is 1. The predicted molar refractivity (Wildman–Crippen MR) is 89.5 cm³/mol. The van der Waals surface area contributed by atoms with Gasteiger partial charge in [-0.1, -0.05) is 22.9 Å². The van der Waals surface area contributed by atoms with Crippen molar-refractivity contribution in [2.75, 3.05) is 20.2 Å². The van der Waals surface area contributed by atoms with E-state index in [-0.39, 0.29) is 5.91 Å². The van der Waals surface area contributed by atoms with Crippen molar-refractivity contribution in [3.8, 4) is 5.75 Å². The Morgan fingerprint density at radius 3 is 2.71 bits per heavy atom. The molecular formula is C16H25BrN2O2. The third-order valence-electron chi connectivity index (χ3n) is 3.21. The minimum atomic E-state index is -0.439. The Morgan fingerprint density at radius 1 is 1.38 bits per heavy atom. The van der Waals surface area contributed by atoms with E-state index in [4.69, 9.17) is 4.74 Å². The van der Waals surface area contributed by atoms with Crippen molar-refractivity contribution >= 4 is 21.8 Å². The molecule has 0 aliphatic carbocycles. The van der Waals surface area contributed by atoms with Gasteiger partial charge in [0.05, 0.1) is 12.0 Å². The highest BCUT2D eigenvalue weighted by molar-refractivity contribution is 9.10. The van der Waals surface area contributed by atoms with Crippen molar-refractivity contribution in [2.24, 2.45) is 5.41 Å². The quantitative estimate of drug-likeness (QED) is 0.752. The van der Waals surface area contributed by atoms with Crippen LogP contribution in [0.15, 0.2) is 22.7 Å². The standard InChI is InChI=1S/C16H25BrN2O2/c1-5-8-21-14-7-6-13(17)9-12(14)10-19-11-16(2,3)15(20)18-4/h6-7,9,19H,5,8,10-11H2,1-4H3,(H,18,20). The topological polar surface area (TPSA) is 50.4 Å². The lowest BCUT2D eigenvalue weighted by Crippen LogP contribution is -2.41. The van der Waals surface area contributed by atoms with E-state index in [1.165, 1.54) is 0 Å². The molecule has 4 nitrogen and oxygen atoms in total. The summed E-state index contributed by atoms with van der Waals surface area (Å²) in [5.41, 5.74) is 0.649. The van der Waals surface area contributed by atoms with Crippen LogP contribution in [0.4, 0.5) is 0 Å². The number of halogens is 1. The van der Waals surface area contributed by atoms with Gasteiger partial charge in [0, 0.05) is 30.2 Å². The van der Waals surface area contributed by atoms with Crippen LogP contribution in [0.2, 0.25) is 0 Å². The number of hydrogen-bond donors (Lipinski definition) is 2. The molecule has 5 heteroatoms. The van der Waals surface area contributed by atoms with Crippen molar-refractivity contribution in [1.82, 2.24) is 10.6 Å². The second kappa shape index (κ2) is 8.39. The molecule has 0 aliphatic heterocycles. The maximum Gasteiger partial charge on any atom is 0.226 e. The smallest absolute Gasteiger partial charge is 0.226 e. The van der Waals surface area contributed by atoms with Gasteiger partial charge in [-0.15, -0.1) is 0 Å². The maximum absolute atomic E-state index is 11.8. The monoisotopic (exact) mass is 356 g/mol. The Morgan fingerprint density at radius 2 is 2.10 bits per heavy atom. The van der Waals surface area contributed by atoms with Crippen LogP contribution in [0.25, 0.3) is 0 Å². The lowest BCUT2D eigenvalue weighted by Gasteiger charge is -2.23. The SMILES string of the molecule is CCCOc1ccc(Br)cc1CNCC(C)(C)C(=O)NC. The van der Waals surface area contributed by atoms with Crippen LogP contribution < -0.4 is 15.4 Å². The summed E-state index contributed by atoms with van der Waals surface area (Å²) in [5.74, 6) is 0.928. The molecule has 0 radical (unpaired) electrons. The third-order valence-corrected chi connectivity index (χ3v) is 3.70. The molecule has 1 aromatic carbocycles. The van der Waals surface area contributed by atoms with E-state index >= 15 is 0 Å². The molecule has 0 saturated carbocycles. The summed E-state index contributed by atoms with van der Waals surface area (Å²) in [6.07, 6.45) is 0.979. The molecule has 0 spiro atoms. The first-order valence-electron chi connectivity index (χ1n) is 7.25. The number of carbonyl (C=O) groups excluding carboxylic acids is 1. The highest BCUT2D eigenvalue weighted by Crippen LogP contribution is 2.24. The van der Waals surface area contributed by atoms with Gasteiger partial charge in [-0.05, 0) is 38.5 Å². The fourth-order valence-corrected chi connectivity index (χ4v) is 2.38. The molecule has 1 aromatic rings. The van der Waals surface area contributed by atoms with Crippen molar-refractivity contribution < 1.29 is 9.53 Å². The molecule has 0 heterocycles. The fraction of sp³-hybridized carbons (Fsp3) is 0.562. The van der Waals surface area contributed by atoms with E-state index in [0.717, 1.165) is 22.2 Å². The van der Waals surface area contributed by atoms with Gasteiger partial charge in [0.2, 0.25) is 5.91 Å². The second-order valence-electron chi connectivity index (χ2n) is 5.67. The van der Waals surface area contributed by atoms with Crippen LogP contribution in [0.1, 0.15) is 32.8 Å². The molecule has 2 N–H and O–H groups in total. The van der Waals surface area contributed by atoms with Crippen LogP contribution in [0, 0.1) is 5.41 Å². The fourth-order valence-electron chi connectivity index (χ4n) is 1.97. The van der Waals surface area contributed by atoms with Gasteiger partial charge in [-0.25, -0.2) is 0 Å². The second-order valence-corrected chi connectivity index (χ2v) is 6.58. The first-order valence-corrected chi connectivity index (χ1v) is 8.04. The van der Waals surface area contributed by atoms with Crippen molar-refractivity contribution in [3.05, 3.63) is 28.2 Å². The Bertz CT molecular complexity index is 475. The molecule has 0 bridgehead atoms. The number of rotatable bonds is 8. The summed E-state index contributed by atoms with van der Waals surface area (Å²) in [5, 5.41) is 6.03. The summed E-state index contributed by atoms with van der Waals surface area (Å²) < 4.78 is 6.77. The largest absolute Gasteiger partial charge is 0.493 e. The lowest BCUT2D eigenvalue weighted by molar-refractivity contribution is -0.128. The average molecular weight is 357 g/mol. The van der Waals surface area contributed by atoms with Crippen LogP contribution in [-0.4, -0.2) is 26.1 Å². The highest BCUT2D eigenvalue weighted by atomic mass is 79.9. The number of amides is 1. The van der Waals surface area contributed by atoms with Crippen LogP contribution >= 0.6 is 15.9 Å². The van der Waals surface area contributed by atoms with Crippen molar-refractivity contribution in [1.29, 1.82) is 0 Å². The van der Waals surface area contributed by atoms with E-state index in [9.17, 15) is 4.79 Å². The van der Waals surface area contributed by atoms with E-state index in [0.29, 0.717) is 19.7 Å². The zero-order valence-electron chi connectivity index (χ0n) is 13.3. The van der Waals surface area contributed by atoms with Crippen molar-refractivity contribution in [2.45, 2.75) is 33.7 Å². The number of nitrogens with one attached hydrogen (secondary N) is 2. The van der Waals surface area contributed by atoms with E-state index in [1.807, 2.05) is 32.0 Å². The molecule has 1 rings (SSSR count). The Hall–Kier alpha value is -1.07. The zero-order valence-corrected chi connectivity index (χ0v) is 14.8. The van der Waals surface area contributed by atoms with Gasteiger partial charge in [0.25, 0.3) is 0 Å². The summed E-state index contributed by atoms with van der Waals surface area (Å²) >= 11 is 3.48. The molecule has 21 heavy (non-hydrogen) atoms. The van der Waals surface area contributed by atoms with Gasteiger partial charge in [0.1, 0.15) is 5.75 Å². The first kappa shape index (κ1) is 18.0. The molecule has 0 saturated heterocycles. The molecule has 0 atom stereocenters. The van der Waals surface area contributed by atoms with Gasteiger partial charge in [0.15, 0.2) is 0 Å². The molecule has 0 aliphatic rings. The molecule has 0 unspecified atom stereocenters. The minimum absolute atomic E-state index is 0.0340. The summed E-state index contributed by atoms with van der Waals surface area (Å²) in [4.78, 5) is 11.8. The normalized spacial score (nSPS) is 11.3. The van der Waals surface area contributed by atoms with Gasteiger partial charge < -0.3 is 15.4 Å². The Labute approximate surface area is 135 Å². The Kier molecular flexibility index (Phi) is 7.18. The maximum atomic E-state index is 11.8.